The first-order valence-electron chi connectivity index (χ1n) is 46.1. The number of allylic oxidation sites excluding steroid dienone is 10. The van der Waals surface area contributed by atoms with Crippen LogP contribution in [0.25, 0.3) is 11.1 Å². The van der Waals surface area contributed by atoms with Crippen molar-refractivity contribution in [3.05, 3.63) is 175 Å². The molecule has 34 nitrogen and oxygen atoms in total. The van der Waals surface area contributed by atoms with Crippen molar-refractivity contribution in [2.45, 2.75) is 39.0 Å². The van der Waals surface area contributed by atoms with Gasteiger partial charge in [-0.25, -0.2) is 18.7 Å². The summed E-state index contributed by atoms with van der Waals surface area (Å²) in [6.07, 6.45) is 13.3. The molecular formula is C98H144N8O26Si2+2. The summed E-state index contributed by atoms with van der Waals surface area (Å²) in [5.74, 6) is -3.31. The minimum Gasteiger partial charge on any atom is -0.478 e. The molecule has 134 heavy (non-hydrogen) atoms. The molecule has 0 saturated carbocycles. The van der Waals surface area contributed by atoms with Crippen LogP contribution in [0.2, 0.25) is 26.2 Å². The maximum Gasteiger partial charge on any atom is 0.336 e. The van der Waals surface area contributed by atoms with Gasteiger partial charge in [0, 0.05) is 114 Å². The number of fused-ring (bicyclic) bond motifs is 4. The first-order valence-corrected chi connectivity index (χ1v) is 52.1. The van der Waals surface area contributed by atoms with E-state index in [0.717, 1.165) is 56.2 Å². The highest BCUT2D eigenvalue weighted by molar-refractivity contribution is 6.98. The van der Waals surface area contributed by atoms with Crippen LogP contribution in [0, 0.1) is 0 Å². The number of amides is 4. The number of carboxylic acids is 2. The van der Waals surface area contributed by atoms with Gasteiger partial charge in [0.15, 0.2) is 11.4 Å². The molecule has 4 aromatic carbocycles. The fraction of sp³-hybridized carbons (Fsp3) is 0.551. The largest absolute Gasteiger partial charge is 0.478 e. The summed E-state index contributed by atoms with van der Waals surface area (Å²) in [6, 6.07) is 22.6. The number of nitrogens with zero attached hydrogens (tertiary/aromatic N) is 4. The van der Waals surface area contributed by atoms with E-state index in [9.17, 15) is 39.0 Å². The minimum atomic E-state index is -2.25. The van der Waals surface area contributed by atoms with Crippen molar-refractivity contribution in [2.24, 2.45) is 0 Å². The molecule has 2 heterocycles. The van der Waals surface area contributed by atoms with Crippen LogP contribution >= 0.6 is 0 Å². The van der Waals surface area contributed by atoms with Crippen LogP contribution in [-0.2, 0) is 94.9 Å². The van der Waals surface area contributed by atoms with Gasteiger partial charge in [-0.05, 0) is 126 Å². The lowest BCUT2D eigenvalue weighted by Crippen LogP contribution is -2.49. The van der Waals surface area contributed by atoms with Crippen LogP contribution in [-0.4, -0.2) is 403 Å². The van der Waals surface area contributed by atoms with Gasteiger partial charge in [-0.3, -0.25) is 19.2 Å². The van der Waals surface area contributed by atoms with Crippen LogP contribution in [0.5, 0.6) is 0 Å². The van der Waals surface area contributed by atoms with E-state index in [2.05, 4.69) is 139 Å². The third-order valence-corrected chi connectivity index (χ3v) is 29.2. The van der Waals surface area contributed by atoms with Gasteiger partial charge in [0.1, 0.15) is 44.3 Å². The third kappa shape index (κ3) is 37.0. The number of anilines is 2. The number of ether oxygens (including phenoxy) is 18. The molecule has 2 aliphatic heterocycles. The van der Waals surface area contributed by atoms with Crippen LogP contribution in [0.3, 0.4) is 0 Å². The fourth-order valence-electron chi connectivity index (χ4n) is 14.8. The van der Waals surface area contributed by atoms with Crippen molar-refractivity contribution in [2.75, 3.05) is 330 Å². The molecule has 6 N–H and O–H groups in total. The Morgan fingerprint density at radius 3 is 0.791 bits per heavy atom. The second kappa shape index (κ2) is 61.1. The molecule has 4 aliphatic rings. The van der Waals surface area contributed by atoms with Gasteiger partial charge in [-0.1, -0.05) is 50.5 Å². The average Bonchev–Trinajstić information content (AvgIpc) is 0.721. The number of benzene rings is 4. The van der Waals surface area contributed by atoms with Gasteiger partial charge in [0.05, 0.1) is 249 Å². The molecule has 8 rings (SSSR count). The Morgan fingerprint density at radius 2 is 0.545 bits per heavy atom. The maximum atomic E-state index is 13.3. The van der Waals surface area contributed by atoms with E-state index >= 15 is 0 Å². The molecule has 738 valence electrons. The van der Waals surface area contributed by atoms with Gasteiger partial charge in [0.2, 0.25) is 11.8 Å². The Hall–Kier alpha value is -9.21. The Morgan fingerprint density at radius 1 is 0.306 bits per heavy atom. The normalized spacial score (nSPS) is 14.0. The van der Waals surface area contributed by atoms with E-state index in [1.165, 1.54) is 32.9 Å². The Kier molecular flexibility index (Phi) is 50.2. The van der Waals surface area contributed by atoms with E-state index < -0.39 is 39.9 Å². The first-order chi connectivity index (χ1) is 64.8. The highest BCUT2D eigenvalue weighted by Crippen LogP contribution is 2.45. The number of nitrogens with one attached hydrogen (secondary N) is 4. The monoisotopic (exact) mass is 1900 g/mol. The van der Waals surface area contributed by atoms with Crippen LogP contribution < -0.4 is 41.4 Å². The van der Waals surface area contributed by atoms with Gasteiger partial charge >= 0.3 is 11.9 Å². The van der Waals surface area contributed by atoms with E-state index in [-0.39, 0.29) is 86.4 Å². The van der Waals surface area contributed by atoms with Gasteiger partial charge in [0.25, 0.3) is 11.8 Å². The van der Waals surface area contributed by atoms with Crippen molar-refractivity contribution in [3.63, 3.8) is 0 Å². The number of aromatic carboxylic acids is 2. The SMILES string of the molecule is CN(C)c1ccc2c(c1)[Si](C)(C)C1=CC(=[N+](C)C)C=CC1=C2c1ccc(C(=O)NCCOCCOCCOCCOCCC(=O)NCCOCCOCCOCCOCCOCCOCCOCCOCCOCCOCCNC(=O)CCOCCOCCOCCOCCNC(=O)c2ccc(C3=C4C=CC(=[N+](C)C)C=C4[Si](C)(C)c4cc(N(C)C)ccc43)c(C(=O)O)c2)cc1C(=O)O. The van der Waals surface area contributed by atoms with E-state index in [1.54, 1.807) is 24.3 Å². The lowest BCUT2D eigenvalue weighted by atomic mass is 9.86. The van der Waals surface area contributed by atoms with Gasteiger partial charge in [-0.15, -0.1) is 0 Å². The van der Waals surface area contributed by atoms with Crippen LogP contribution in [0.4, 0.5) is 11.4 Å². The highest BCUT2D eigenvalue weighted by atomic mass is 28.3. The molecule has 0 aromatic heterocycles. The molecule has 36 heteroatoms. The number of carbonyl (C=O) groups excluding carboxylic acids is 4. The molecule has 4 aromatic rings. The Bertz CT molecular complexity index is 4380. The van der Waals surface area contributed by atoms with Crippen molar-refractivity contribution < 1.29 is 133 Å². The molecule has 0 saturated heterocycles. The summed E-state index contributed by atoms with van der Waals surface area (Å²) < 4.78 is 104. The fourth-order valence-corrected chi connectivity index (χ4v) is 21.0. The molecule has 0 bridgehead atoms. The number of hydrogen-bond donors (Lipinski definition) is 6. The summed E-state index contributed by atoms with van der Waals surface area (Å²) in [5.41, 5.74) is 11.8. The molecule has 0 radical (unpaired) electrons. The van der Waals surface area contributed by atoms with Gasteiger partial charge in [-0.2, -0.15) is 0 Å². The highest BCUT2D eigenvalue weighted by Gasteiger charge is 2.43. The number of carboxylic acid groups (broad SMARTS) is 2. The number of rotatable bonds is 71. The zero-order chi connectivity index (χ0) is 96.3. The van der Waals surface area contributed by atoms with E-state index in [0.29, 0.717) is 236 Å². The molecule has 4 amide bonds. The van der Waals surface area contributed by atoms with Crippen molar-refractivity contribution in [1.29, 1.82) is 0 Å². The Labute approximate surface area is 791 Å². The molecule has 0 spiro atoms. The average molecular weight is 1910 g/mol. The Balaban J connectivity index is 0.482. The second-order valence-electron chi connectivity index (χ2n) is 33.4. The van der Waals surface area contributed by atoms with Gasteiger partial charge < -0.3 is 127 Å². The van der Waals surface area contributed by atoms with Crippen molar-refractivity contribution in [3.8, 4) is 0 Å². The molecule has 0 fully saturated rings. The molecular weight excluding hydrogens is 1760 g/mol. The van der Waals surface area contributed by atoms with Crippen molar-refractivity contribution >= 4 is 96.0 Å². The first kappa shape index (κ1) is 110. The summed E-state index contributed by atoms with van der Waals surface area (Å²) in [7, 11) is 11.6. The second-order valence-corrected chi connectivity index (χ2v) is 42.0. The van der Waals surface area contributed by atoms with Crippen LogP contribution in [0.15, 0.2) is 131 Å². The summed E-state index contributed by atoms with van der Waals surface area (Å²) >= 11 is 0. The van der Waals surface area contributed by atoms with Crippen LogP contribution in [0.1, 0.15) is 76.5 Å². The molecule has 0 atom stereocenters. The predicted octanol–water partition coefficient (Wildman–Crippen LogP) is 5.64. The smallest absolute Gasteiger partial charge is 0.336 e. The maximum absolute atomic E-state index is 13.3. The number of carbonyl (C=O) groups is 6. The van der Waals surface area contributed by atoms with Crippen molar-refractivity contribution in [1.82, 2.24) is 21.3 Å². The van der Waals surface area contributed by atoms with E-state index in [4.69, 9.17) is 85.3 Å². The summed E-state index contributed by atoms with van der Waals surface area (Å²) in [4.78, 5) is 81.1. The number of hydrogen-bond acceptors (Lipinski definition) is 26. The standard InChI is InChI=1S/C98H142N8O26Si2/c1-103(2)75-15-21-81-87(69-75)133(9,10)88-70-76(104(3)4)16-22-82(88)93(81)79-19-13-73(67-85(79)97(111)112)95(109)101-29-35-119-41-47-125-51-49-121-43-37-115-31-25-91(107)99-27-33-117-39-45-123-53-55-127-57-59-129-61-63-131-65-66-132-64-62-130-60-58-128-56-54-124-46-40-118-34-28-100-92(108)26-32-116-38-44-122-50-52-126-48-42-120-36-30-102-96(110)74-14-20-80(86(68-74)98(113)114)94-83-23-17-77(105(5)6)71-89(83)134(11,12)90-72-78(106(7)8)18-24-84(90)94/h13-24,67-72H,25-66H2,1-12H3,(H4-2,99,100,101,102,107,108,109,110,111,112,113,114)/p+2. The third-order valence-electron chi connectivity index (χ3n) is 22.1. The molecule has 0 unspecified atom stereocenters. The summed E-state index contributed by atoms with van der Waals surface area (Å²) in [6.45, 7) is 24.0. The lowest BCUT2D eigenvalue weighted by molar-refractivity contribution is -0.462. The predicted molar refractivity (Wildman–Crippen MR) is 518 cm³/mol. The van der Waals surface area contributed by atoms with E-state index in [1.807, 2.05) is 56.4 Å². The topological polar surface area (TPSA) is 370 Å². The summed E-state index contributed by atoms with van der Waals surface area (Å²) in [5, 5.41) is 37.4. The zero-order valence-corrected chi connectivity index (χ0v) is 82.6. The zero-order valence-electron chi connectivity index (χ0n) is 80.6. The minimum absolute atomic E-state index is 0.0510. The molecule has 2 aliphatic carbocycles. The quantitative estimate of drug-likeness (QED) is 0.0177. The lowest BCUT2D eigenvalue weighted by Gasteiger charge is -2.38.